The standard InChI is InChI=1S/C23H21FN2O3/c1-15-8-18(12-27)20(11-25-15)17-4-7-21(26-10-17)23(13-29-14-23)22(28)9-16-2-5-19(24)6-3-16/h2-8,10-11,27H,9,12-14H2,1H3. The molecule has 0 atom stereocenters. The Morgan fingerprint density at radius 2 is 1.90 bits per heavy atom. The molecule has 1 fully saturated rings. The van der Waals surface area contributed by atoms with Gasteiger partial charge in [0.1, 0.15) is 11.2 Å². The van der Waals surface area contributed by atoms with E-state index in [1.165, 1.54) is 12.1 Å². The molecule has 1 saturated heterocycles. The van der Waals surface area contributed by atoms with Crippen molar-refractivity contribution in [1.29, 1.82) is 0 Å². The summed E-state index contributed by atoms with van der Waals surface area (Å²) in [6.07, 6.45) is 3.62. The molecule has 6 heteroatoms. The minimum absolute atomic E-state index is 0.00339. The summed E-state index contributed by atoms with van der Waals surface area (Å²) in [7, 11) is 0. The van der Waals surface area contributed by atoms with E-state index in [4.69, 9.17) is 4.74 Å². The van der Waals surface area contributed by atoms with E-state index in [9.17, 15) is 14.3 Å². The Kier molecular flexibility index (Phi) is 5.22. The third kappa shape index (κ3) is 3.69. The van der Waals surface area contributed by atoms with Gasteiger partial charge in [-0.25, -0.2) is 4.39 Å². The van der Waals surface area contributed by atoms with Crippen LogP contribution in [0.3, 0.4) is 0 Å². The van der Waals surface area contributed by atoms with Crippen LogP contribution in [0.15, 0.2) is 54.9 Å². The first-order valence-electron chi connectivity index (χ1n) is 9.40. The number of rotatable bonds is 6. The number of aromatic nitrogens is 2. The summed E-state index contributed by atoms with van der Waals surface area (Å²) < 4.78 is 18.5. The first kappa shape index (κ1) is 19.4. The monoisotopic (exact) mass is 392 g/mol. The first-order chi connectivity index (χ1) is 14.0. The van der Waals surface area contributed by atoms with E-state index < -0.39 is 5.41 Å². The zero-order valence-electron chi connectivity index (χ0n) is 16.1. The number of halogens is 1. The Labute approximate surface area is 168 Å². The van der Waals surface area contributed by atoms with E-state index in [-0.39, 0.29) is 37.8 Å². The summed E-state index contributed by atoms with van der Waals surface area (Å²) in [4.78, 5) is 21.9. The van der Waals surface area contributed by atoms with Crippen LogP contribution in [0.1, 0.15) is 22.5 Å². The van der Waals surface area contributed by atoms with Crippen LogP contribution >= 0.6 is 0 Å². The van der Waals surface area contributed by atoms with Crippen LogP contribution in [0.25, 0.3) is 11.1 Å². The number of hydrogen-bond donors (Lipinski definition) is 1. The molecule has 1 aromatic carbocycles. The summed E-state index contributed by atoms with van der Waals surface area (Å²) in [6, 6.07) is 11.5. The third-order valence-corrected chi connectivity index (χ3v) is 5.37. The largest absolute Gasteiger partial charge is 0.392 e. The van der Waals surface area contributed by atoms with Gasteiger partial charge in [0, 0.05) is 35.6 Å². The van der Waals surface area contributed by atoms with Crippen LogP contribution in [-0.2, 0) is 28.0 Å². The number of ketones is 1. The number of aryl methyl sites for hydroxylation is 1. The molecule has 3 heterocycles. The lowest BCUT2D eigenvalue weighted by molar-refractivity contribution is -0.142. The van der Waals surface area contributed by atoms with E-state index in [1.807, 2.05) is 25.1 Å². The summed E-state index contributed by atoms with van der Waals surface area (Å²) in [5.74, 6) is -0.323. The fourth-order valence-corrected chi connectivity index (χ4v) is 3.56. The van der Waals surface area contributed by atoms with Gasteiger partial charge in [-0.05, 0) is 42.3 Å². The van der Waals surface area contributed by atoms with Gasteiger partial charge in [-0.3, -0.25) is 14.8 Å². The number of carbonyl (C=O) groups is 1. The van der Waals surface area contributed by atoms with Gasteiger partial charge >= 0.3 is 0 Å². The smallest absolute Gasteiger partial charge is 0.154 e. The topological polar surface area (TPSA) is 72.3 Å². The van der Waals surface area contributed by atoms with Crippen molar-refractivity contribution in [3.05, 3.63) is 83.2 Å². The molecular formula is C23H21FN2O3. The van der Waals surface area contributed by atoms with Crippen molar-refractivity contribution in [3.63, 3.8) is 0 Å². The van der Waals surface area contributed by atoms with E-state index in [1.54, 1.807) is 24.5 Å². The number of hydrogen-bond acceptors (Lipinski definition) is 5. The average Bonchev–Trinajstić information content (AvgIpc) is 2.69. The van der Waals surface area contributed by atoms with Crippen molar-refractivity contribution in [2.45, 2.75) is 25.4 Å². The predicted octanol–water partition coefficient (Wildman–Crippen LogP) is 3.16. The molecule has 5 nitrogen and oxygen atoms in total. The lowest BCUT2D eigenvalue weighted by Crippen LogP contribution is -2.54. The van der Waals surface area contributed by atoms with Crippen molar-refractivity contribution in [1.82, 2.24) is 9.97 Å². The number of aliphatic hydroxyl groups excluding tert-OH is 1. The van der Waals surface area contributed by atoms with Gasteiger partial charge in [0.2, 0.25) is 0 Å². The third-order valence-electron chi connectivity index (χ3n) is 5.37. The lowest BCUT2D eigenvalue weighted by Gasteiger charge is -2.39. The van der Waals surface area contributed by atoms with Crippen molar-refractivity contribution in [2.24, 2.45) is 0 Å². The molecule has 1 N–H and O–H groups in total. The van der Waals surface area contributed by atoms with Gasteiger partial charge in [-0.15, -0.1) is 0 Å². The highest BCUT2D eigenvalue weighted by molar-refractivity contribution is 5.92. The van der Waals surface area contributed by atoms with Crippen molar-refractivity contribution >= 4 is 5.78 Å². The van der Waals surface area contributed by atoms with Crippen LogP contribution in [0.4, 0.5) is 4.39 Å². The van der Waals surface area contributed by atoms with E-state index in [0.29, 0.717) is 5.69 Å². The fourth-order valence-electron chi connectivity index (χ4n) is 3.56. The highest BCUT2D eigenvalue weighted by atomic mass is 19.1. The van der Waals surface area contributed by atoms with Crippen LogP contribution in [-0.4, -0.2) is 34.1 Å². The molecule has 3 aromatic rings. The number of Topliss-reactive ketones (excluding diaryl/α,β-unsaturated/α-hetero) is 1. The second-order valence-corrected chi connectivity index (χ2v) is 7.37. The second-order valence-electron chi connectivity index (χ2n) is 7.37. The fraction of sp³-hybridized carbons (Fsp3) is 0.261. The molecule has 0 saturated carbocycles. The number of carbonyl (C=O) groups excluding carboxylic acids is 1. The summed E-state index contributed by atoms with van der Waals surface area (Å²) in [5.41, 5.74) is 3.89. The Morgan fingerprint density at radius 1 is 1.14 bits per heavy atom. The zero-order valence-corrected chi connectivity index (χ0v) is 16.1. The quantitative estimate of drug-likeness (QED) is 0.698. The number of aliphatic hydroxyl groups is 1. The van der Waals surface area contributed by atoms with Crippen LogP contribution < -0.4 is 0 Å². The molecule has 0 radical (unpaired) electrons. The number of pyridine rings is 2. The Morgan fingerprint density at radius 3 is 2.48 bits per heavy atom. The second kappa shape index (κ2) is 7.81. The predicted molar refractivity (Wildman–Crippen MR) is 106 cm³/mol. The van der Waals surface area contributed by atoms with Crippen LogP contribution in [0, 0.1) is 12.7 Å². The number of benzene rings is 1. The molecule has 1 aliphatic heterocycles. The van der Waals surface area contributed by atoms with E-state index >= 15 is 0 Å². The molecule has 0 aliphatic carbocycles. The molecular weight excluding hydrogens is 371 g/mol. The van der Waals surface area contributed by atoms with Gasteiger partial charge < -0.3 is 9.84 Å². The highest BCUT2D eigenvalue weighted by Crippen LogP contribution is 2.34. The van der Waals surface area contributed by atoms with Gasteiger partial charge in [0.25, 0.3) is 0 Å². The Bertz CT molecular complexity index is 1030. The summed E-state index contributed by atoms with van der Waals surface area (Å²) >= 11 is 0. The summed E-state index contributed by atoms with van der Waals surface area (Å²) in [5, 5.41) is 9.63. The molecule has 2 aromatic heterocycles. The molecule has 148 valence electrons. The van der Waals surface area contributed by atoms with Crippen LogP contribution in [0.5, 0.6) is 0 Å². The summed E-state index contributed by atoms with van der Waals surface area (Å²) in [6.45, 7) is 2.35. The normalized spacial score (nSPS) is 15.0. The average molecular weight is 392 g/mol. The number of nitrogens with zero attached hydrogens (tertiary/aromatic N) is 2. The van der Waals surface area contributed by atoms with Gasteiger partial charge in [0.05, 0.1) is 25.5 Å². The number of ether oxygens (including phenoxy) is 1. The minimum Gasteiger partial charge on any atom is -0.392 e. The highest BCUT2D eigenvalue weighted by Gasteiger charge is 2.48. The van der Waals surface area contributed by atoms with Crippen molar-refractivity contribution in [3.8, 4) is 11.1 Å². The van der Waals surface area contributed by atoms with Crippen molar-refractivity contribution < 1.29 is 19.0 Å². The minimum atomic E-state index is -0.780. The van der Waals surface area contributed by atoms with Gasteiger partial charge in [-0.2, -0.15) is 0 Å². The van der Waals surface area contributed by atoms with E-state index in [0.717, 1.165) is 27.9 Å². The zero-order chi connectivity index (χ0) is 20.4. The SMILES string of the molecule is Cc1cc(CO)c(-c2ccc(C3(C(=O)Cc4ccc(F)cc4)COC3)nc2)cn1. The van der Waals surface area contributed by atoms with Crippen molar-refractivity contribution in [2.75, 3.05) is 13.2 Å². The molecule has 29 heavy (non-hydrogen) atoms. The molecule has 1 aliphatic rings. The van der Waals surface area contributed by atoms with E-state index in [2.05, 4.69) is 9.97 Å². The lowest BCUT2D eigenvalue weighted by atomic mass is 9.75. The Hall–Kier alpha value is -2.96. The maximum Gasteiger partial charge on any atom is 0.154 e. The first-order valence-corrected chi connectivity index (χ1v) is 9.40. The molecule has 0 bridgehead atoms. The van der Waals surface area contributed by atoms with Gasteiger partial charge in [0.15, 0.2) is 5.78 Å². The molecule has 4 rings (SSSR count). The maximum absolute atomic E-state index is 13.1. The van der Waals surface area contributed by atoms with Gasteiger partial charge in [-0.1, -0.05) is 18.2 Å². The Balaban J connectivity index is 1.60. The molecule has 0 unspecified atom stereocenters. The molecule has 0 amide bonds. The maximum atomic E-state index is 13.1. The molecule has 0 spiro atoms. The van der Waals surface area contributed by atoms with Crippen LogP contribution in [0.2, 0.25) is 0 Å².